The maximum absolute atomic E-state index is 13.0. The van der Waals surface area contributed by atoms with Crippen LogP contribution in [0.1, 0.15) is 43.4 Å². The van der Waals surface area contributed by atoms with Gasteiger partial charge in [-0.05, 0) is 63.3 Å². The van der Waals surface area contributed by atoms with Crippen molar-refractivity contribution >= 4 is 17.4 Å². The number of carbonyl (C=O) groups is 2. The summed E-state index contributed by atoms with van der Waals surface area (Å²) in [5.41, 5.74) is 1.42. The van der Waals surface area contributed by atoms with E-state index < -0.39 is 17.7 Å². The van der Waals surface area contributed by atoms with Gasteiger partial charge in [-0.15, -0.1) is 0 Å². The minimum absolute atomic E-state index is 0.130. The first kappa shape index (κ1) is 23.5. The highest BCUT2D eigenvalue weighted by Gasteiger charge is 2.45. The van der Waals surface area contributed by atoms with Gasteiger partial charge >= 0.3 is 0 Å². The van der Waals surface area contributed by atoms with Gasteiger partial charge in [-0.2, -0.15) is 0 Å². The van der Waals surface area contributed by atoms with Gasteiger partial charge in [-0.1, -0.05) is 43.7 Å². The summed E-state index contributed by atoms with van der Waals surface area (Å²) in [7, 11) is 3.94. The molecule has 32 heavy (non-hydrogen) atoms. The molecule has 1 fully saturated rings. The molecule has 0 radical (unpaired) electrons. The highest BCUT2D eigenvalue weighted by atomic mass is 16.5. The van der Waals surface area contributed by atoms with Gasteiger partial charge in [-0.3, -0.25) is 9.59 Å². The summed E-state index contributed by atoms with van der Waals surface area (Å²) >= 11 is 0. The first-order valence-electron chi connectivity index (χ1n) is 11.1. The largest absolute Gasteiger partial charge is 0.507 e. The van der Waals surface area contributed by atoms with E-state index in [1.165, 1.54) is 0 Å². The van der Waals surface area contributed by atoms with Crippen LogP contribution in [0.5, 0.6) is 5.75 Å². The van der Waals surface area contributed by atoms with Crippen LogP contribution >= 0.6 is 0 Å². The molecule has 1 heterocycles. The normalized spacial score (nSPS) is 17.9. The second-order valence-corrected chi connectivity index (χ2v) is 8.29. The fourth-order valence-electron chi connectivity index (χ4n) is 3.85. The number of carbonyl (C=O) groups excluding carboxylic acids is 2. The molecule has 0 unspecified atom stereocenters. The molecule has 3 rings (SSSR count). The molecule has 6 heteroatoms. The van der Waals surface area contributed by atoms with Gasteiger partial charge in [0.05, 0.1) is 18.2 Å². The summed E-state index contributed by atoms with van der Waals surface area (Å²) in [6, 6.07) is 15.8. The third-order valence-electron chi connectivity index (χ3n) is 5.55. The molecule has 1 aliphatic heterocycles. The fourth-order valence-corrected chi connectivity index (χ4v) is 3.85. The Labute approximate surface area is 190 Å². The summed E-state index contributed by atoms with van der Waals surface area (Å²) in [4.78, 5) is 29.5. The van der Waals surface area contributed by atoms with Crippen molar-refractivity contribution in [1.82, 2.24) is 9.80 Å². The number of likely N-dealkylation sites (tertiary alicyclic amines) is 1. The number of nitrogens with zero attached hydrogens (tertiary/aromatic N) is 2. The van der Waals surface area contributed by atoms with E-state index in [0.717, 1.165) is 31.4 Å². The number of ketones is 1. The number of amides is 1. The standard InChI is InChI=1S/C26H32N2O4/c1-4-5-18-32-21-14-12-20(13-15-21)24(29)22-23(19-10-7-6-8-11-19)28(26(31)25(22)30)17-9-16-27(2)3/h6-8,10-15,23,29H,4-5,9,16-18H2,1-3H3/t23-/m1/s1. The Morgan fingerprint density at radius 1 is 1.03 bits per heavy atom. The van der Waals surface area contributed by atoms with E-state index >= 15 is 0 Å². The fraction of sp³-hybridized carbons (Fsp3) is 0.385. The van der Waals surface area contributed by atoms with Crippen LogP contribution in [-0.4, -0.2) is 60.4 Å². The number of benzene rings is 2. The zero-order valence-electron chi connectivity index (χ0n) is 19.1. The molecule has 0 aliphatic carbocycles. The molecule has 0 saturated carbocycles. The number of hydrogen-bond donors (Lipinski definition) is 1. The van der Waals surface area contributed by atoms with E-state index in [4.69, 9.17) is 4.74 Å². The Morgan fingerprint density at radius 3 is 2.34 bits per heavy atom. The van der Waals surface area contributed by atoms with Gasteiger partial charge < -0.3 is 19.6 Å². The highest BCUT2D eigenvalue weighted by molar-refractivity contribution is 6.46. The molecule has 2 aromatic carbocycles. The third-order valence-corrected chi connectivity index (χ3v) is 5.55. The second-order valence-electron chi connectivity index (χ2n) is 8.29. The Morgan fingerprint density at radius 2 is 1.72 bits per heavy atom. The number of ether oxygens (including phenoxy) is 1. The molecular formula is C26H32N2O4. The minimum atomic E-state index is -0.649. The van der Waals surface area contributed by atoms with Crippen LogP contribution in [0.25, 0.3) is 5.76 Å². The molecule has 1 saturated heterocycles. The van der Waals surface area contributed by atoms with Gasteiger partial charge in [0.25, 0.3) is 11.7 Å². The molecule has 0 spiro atoms. The first-order valence-corrected chi connectivity index (χ1v) is 11.1. The zero-order chi connectivity index (χ0) is 23.1. The Kier molecular flexibility index (Phi) is 8.06. The third kappa shape index (κ3) is 5.37. The van der Waals surface area contributed by atoms with E-state index in [2.05, 4.69) is 6.92 Å². The van der Waals surface area contributed by atoms with Crippen molar-refractivity contribution in [3.05, 3.63) is 71.3 Å². The average molecular weight is 437 g/mol. The summed E-state index contributed by atoms with van der Waals surface area (Å²) < 4.78 is 5.68. The van der Waals surface area contributed by atoms with Crippen molar-refractivity contribution in [2.45, 2.75) is 32.2 Å². The van der Waals surface area contributed by atoms with Crippen molar-refractivity contribution in [2.24, 2.45) is 0 Å². The molecule has 2 aromatic rings. The van der Waals surface area contributed by atoms with Crippen molar-refractivity contribution in [3.8, 4) is 5.75 Å². The van der Waals surface area contributed by atoms with Gasteiger partial charge in [0.1, 0.15) is 11.5 Å². The lowest BCUT2D eigenvalue weighted by Gasteiger charge is -2.26. The molecule has 1 atom stereocenters. The molecule has 0 bridgehead atoms. The molecule has 0 aromatic heterocycles. The van der Waals surface area contributed by atoms with Gasteiger partial charge in [-0.25, -0.2) is 0 Å². The van der Waals surface area contributed by atoms with Gasteiger partial charge in [0, 0.05) is 12.1 Å². The van der Waals surface area contributed by atoms with Crippen LogP contribution in [0.15, 0.2) is 60.2 Å². The van der Waals surface area contributed by atoms with Crippen LogP contribution < -0.4 is 4.74 Å². The summed E-state index contributed by atoms with van der Waals surface area (Å²) in [6.45, 7) is 3.96. The topological polar surface area (TPSA) is 70.1 Å². The summed E-state index contributed by atoms with van der Waals surface area (Å²) in [5.74, 6) is -0.672. The van der Waals surface area contributed by atoms with E-state index in [0.29, 0.717) is 24.5 Å². The Balaban J connectivity index is 1.95. The second kappa shape index (κ2) is 11.0. The van der Waals surface area contributed by atoms with Gasteiger partial charge in [0.15, 0.2) is 0 Å². The monoisotopic (exact) mass is 436 g/mol. The molecule has 170 valence electrons. The Hall–Kier alpha value is -3.12. The lowest BCUT2D eigenvalue weighted by atomic mass is 9.95. The summed E-state index contributed by atoms with van der Waals surface area (Å²) in [5, 5.41) is 11.1. The molecular weight excluding hydrogens is 404 g/mol. The van der Waals surface area contributed by atoms with Crippen LogP contribution in [0.4, 0.5) is 0 Å². The van der Waals surface area contributed by atoms with Crippen molar-refractivity contribution in [2.75, 3.05) is 33.8 Å². The maximum atomic E-state index is 13.0. The lowest BCUT2D eigenvalue weighted by Crippen LogP contribution is -2.32. The van der Waals surface area contributed by atoms with E-state index in [1.54, 1.807) is 29.2 Å². The zero-order valence-corrected chi connectivity index (χ0v) is 19.1. The predicted molar refractivity (Wildman–Crippen MR) is 125 cm³/mol. The van der Waals surface area contributed by atoms with E-state index in [1.807, 2.05) is 49.3 Å². The number of hydrogen-bond acceptors (Lipinski definition) is 5. The van der Waals surface area contributed by atoms with Crippen LogP contribution in [0.2, 0.25) is 0 Å². The minimum Gasteiger partial charge on any atom is -0.507 e. The number of aliphatic hydroxyl groups excluding tert-OH is 1. The van der Waals surface area contributed by atoms with Crippen LogP contribution in [0, 0.1) is 0 Å². The smallest absolute Gasteiger partial charge is 0.295 e. The number of aliphatic hydroxyl groups is 1. The van der Waals surface area contributed by atoms with E-state index in [-0.39, 0.29) is 11.3 Å². The number of unbranched alkanes of at least 4 members (excludes halogenated alkanes) is 1. The number of rotatable bonds is 10. The molecule has 1 N–H and O–H groups in total. The van der Waals surface area contributed by atoms with E-state index in [9.17, 15) is 14.7 Å². The maximum Gasteiger partial charge on any atom is 0.295 e. The summed E-state index contributed by atoms with van der Waals surface area (Å²) in [6.07, 6.45) is 2.75. The number of Topliss-reactive ketones (excluding diaryl/α,β-unsaturated/α-hetero) is 1. The quantitative estimate of drug-likeness (QED) is 0.261. The SMILES string of the molecule is CCCCOc1ccc(C(O)=C2C(=O)C(=O)N(CCCN(C)C)[C@@H]2c2ccccc2)cc1. The van der Waals surface area contributed by atoms with Gasteiger partial charge in [0.2, 0.25) is 0 Å². The van der Waals surface area contributed by atoms with Crippen molar-refractivity contribution in [3.63, 3.8) is 0 Å². The van der Waals surface area contributed by atoms with Crippen LogP contribution in [-0.2, 0) is 9.59 Å². The lowest BCUT2D eigenvalue weighted by molar-refractivity contribution is -0.139. The highest BCUT2D eigenvalue weighted by Crippen LogP contribution is 2.39. The first-order chi connectivity index (χ1) is 15.4. The van der Waals surface area contributed by atoms with Crippen LogP contribution in [0.3, 0.4) is 0 Å². The molecule has 6 nitrogen and oxygen atoms in total. The predicted octanol–water partition coefficient (Wildman–Crippen LogP) is 4.24. The van der Waals surface area contributed by atoms with Crippen molar-refractivity contribution < 1.29 is 19.4 Å². The molecule has 1 aliphatic rings. The average Bonchev–Trinajstić information content (AvgIpc) is 3.04. The molecule has 1 amide bonds. The Bertz CT molecular complexity index is 952. The van der Waals surface area contributed by atoms with Crippen molar-refractivity contribution in [1.29, 1.82) is 0 Å².